The molecule has 0 amide bonds. The van der Waals surface area contributed by atoms with Crippen molar-refractivity contribution in [3.05, 3.63) is 35.9 Å². The first kappa shape index (κ1) is 7.42. The van der Waals surface area contributed by atoms with Gasteiger partial charge in [-0.25, -0.2) is 0 Å². The van der Waals surface area contributed by atoms with Crippen LogP contribution in [0, 0.1) is 0 Å². The molecule has 0 N–H and O–H groups in total. The molecular weight excluding hydrogens is 140 g/mol. The van der Waals surface area contributed by atoms with Crippen LogP contribution in [0.1, 0.15) is 12.0 Å². The third kappa shape index (κ3) is 2.28. The Bertz CT molecular complexity index is 191. The summed E-state index contributed by atoms with van der Waals surface area (Å²) in [5.74, 6) is 0. The second-order valence-corrected chi connectivity index (χ2v) is 2.42. The largest absolute Gasteiger partial charge is 0.0837 e. The summed E-state index contributed by atoms with van der Waals surface area (Å²) in [5, 5.41) is 2.70. The molecule has 1 rings (SSSR count). The lowest BCUT2D eigenvalue weighted by molar-refractivity contribution is 1.07. The van der Waals surface area contributed by atoms with Gasteiger partial charge in [0.05, 0.1) is 0 Å². The molecule has 0 bridgehead atoms. The van der Waals surface area contributed by atoms with E-state index in [1.807, 2.05) is 18.2 Å². The highest BCUT2D eigenvalue weighted by atomic mass is 32.1. The van der Waals surface area contributed by atoms with Gasteiger partial charge in [0.2, 0.25) is 0 Å². The van der Waals surface area contributed by atoms with Crippen LogP contribution in [0.25, 0.3) is 0 Å². The van der Waals surface area contributed by atoms with Crippen LogP contribution in [0.2, 0.25) is 0 Å². The van der Waals surface area contributed by atoms with Crippen molar-refractivity contribution in [3.63, 3.8) is 0 Å². The van der Waals surface area contributed by atoms with Crippen molar-refractivity contribution in [2.45, 2.75) is 12.8 Å². The number of hydrogen-bond acceptors (Lipinski definition) is 1. The van der Waals surface area contributed by atoms with Crippen molar-refractivity contribution in [2.75, 3.05) is 0 Å². The molecule has 0 atom stereocenters. The van der Waals surface area contributed by atoms with Gasteiger partial charge in [-0.3, -0.25) is 0 Å². The van der Waals surface area contributed by atoms with Crippen LogP contribution in [0.4, 0.5) is 0 Å². The molecule has 0 aromatic heterocycles. The van der Waals surface area contributed by atoms with E-state index in [2.05, 4.69) is 29.7 Å². The maximum atomic E-state index is 4.60. The monoisotopic (exact) mass is 149 g/mol. The van der Waals surface area contributed by atoms with E-state index in [-0.39, 0.29) is 0 Å². The van der Waals surface area contributed by atoms with Crippen LogP contribution in [0.5, 0.6) is 0 Å². The van der Waals surface area contributed by atoms with E-state index in [1.165, 1.54) is 5.56 Å². The molecule has 1 aromatic rings. The summed E-state index contributed by atoms with van der Waals surface area (Å²) in [6.45, 7) is 0. The molecule has 0 aliphatic rings. The SMILES string of the molecule is S=[C]CCc1ccccc1. The quantitative estimate of drug-likeness (QED) is 0.595. The average molecular weight is 149 g/mol. The molecule has 10 heavy (non-hydrogen) atoms. The van der Waals surface area contributed by atoms with E-state index in [9.17, 15) is 0 Å². The summed E-state index contributed by atoms with van der Waals surface area (Å²) >= 11 is 4.60. The second-order valence-electron chi connectivity index (χ2n) is 2.13. The van der Waals surface area contributed by atoms with Crippen molar-refractivity contribution in [2.24, 2.45) is 0 Å². The van der Waals surface area contributed by atoms with E-state index in [0.717, 1.165) is 12.8 Å². The number of aryl methyl sites for hydroxylation is 1. The Morgan fingerprint density at radius 1 is 1.20 bits per heavy atom. The van der Waals surface area contributed by atoms with Gasteiger partial charge in [0, 0.05) is 5.37 Å². The first-order valence-corrected chi connectivity index (χ1v) is 3.73. The van der Waals surface area contributed by atoms with Crippen LogP contribution in [0.3, 0.4) is 0 Å². The van der Waals surface area contributed by atoms with Crippen LogP contribution in [-0.4, -0.2) is 5.37 Å². The van der Waals surface area contributed by atoms with Gasteiger partial charge < -0.3 is 0 Å². The Morgan fingerprint density at radius 3 is 2.50 bits per heavy atom. The van der Waals surface area contributed by atoms with Gasteiger partial charge in [-0.05, 0) is 18.4 Å². The normalized spacial score (nSPS) is 9.20. The average Bonchev–Trinajstić information content (AvgIpc) is 2.03. The van der Waals surface area contributed by atoms with E-state index in [1.54, 1.807) is 0 Å². The molecule has 0 heterocycles. The Kier molecular flexibility index (Phi) is 3.10. The summed E-state index contributed by atoms with van der Waals surface area (Å²) in [4.78, 5) is 0. The maximum Gasteiger partial charge on any atom is 0.0294 e. The smallest absolute Gasteiger partial charge is 0.0294 e. The van der Waals surface area contributed by atoms with Gasteiger partial charge in [0.1, 0.15) is 0 Å². The Hall–Kier alpha value is -0.690. The molecule has 0 unspecified atom stereocenters. The molecule has 0 nitrogen and oxygen atoms in total. The summed E-state index contributed by atoms with van der Waals surface area (Å²) in [7, 11) is 0. The van der Waals surface area contributed by atoms with Crippen molar-refractivity contribution >= 4 is 17.6 Å². The highest BCUT2D eigenvalue weighted by molar-refractivity contribution is 7.78. The predicted molar refractivity (Wildman–Crippen MR) is 47.4 cm³/mol. The Labute approximate surface area is 66.9 Å². The minimum Gasteiger partial charge on any atom is -0.0837 e. The zero-order chi connectivity index (χ0) is 7.23. The maximum absolute atomic E-state index is 4.60. The summed E-state index contributed by atoms with van der Waals surface area (Å²) in [6.07, 6.45) is 1.89. The molecule has 1 heteroatoms. The van der Waals surface area contributed by atoms with Crippen LogP contribution < -0.4 is 0 Å². The highest BCUT2D eigenvalue weighted by Gasteiger charge is 1.86. The fourth-order valence-electron chi connectivity index (χ4n) is 0.840. The molecule has 0 spiro atoms. The zero-order valence-corrected chi connectivity index (χ0v) is 6.53. The molecule has 0 saturated carbocycles. The van der Waals surface area contributed by atoms with Crippen molar-refractivity contribution in [3.8, 4) is 0 Å². The first-order valence-electron chi connectivity index (χ1n) is 3.32. The van der Waals surface area contributed by atoms with Crippen LogP contribution in [-0.2, 0) is 6.42 Å². The minimum atomic E-state index is 0.874. The van der Waals surface area contributed by atoms with E-state index >= 15 is 0 Å². The summed E-state index contributed by atoms with van der Waals surface area (Å²) < 4.78 is 0. The predicted octanol–water partition coefficient (Wildman–Crippen LogP) is 2.50. The van der Waals surface area contributed by atoms with Gasteiger partial charge in [0.25, 0.3) is 0 Å². The Morgan fingerprint density at radius 2 is 1.90 bits per heavy atom. The molecule has 1 aromatic carbocycles. The summed E-state index contributed by atoms with van der Waals surface area (Å²) in [6, 6.07) is 10.3. The molecular formula is C9H9S. The van der Waals surface area contributed by atoms with E-state index < -0.39 is 0 Å². The molecule has 0 aliphatic heterocycles. The second kappa shape index (κ2) is 4.18. The van der Waals surface area contributed by atoms with E-state index in [4.69, 9.17) is 0 Å². The van der Waals surface area contributed by atoms with Crippen LogP contribution >= 0.6 is 12.2 Å². The fourth-order valence-corrected chi connectivity index (χ4v) is 0.942. The van der Waals surface area contributed by atoms with Crippen molar-refractivity contribution < 1.29 is 0 Å². The zero-order valence-electron chi connectivity index (χ0n) is 5.71. The van der Waals surface area contributed by atoms with E-state index in [0.29, 0.717) is 0 Å². The number of thiocarbonyl (C=S) groups is 1. The molecule has 51 valence electrons. The van der Waals surface area contributed by atoms with Gasteiger partial charge in [-0.1, -0.05) is 42.5 Å². The fraction of sp³-hybridized carbons (Fsp3) is 0.222. The lowest BCUT2D eigenvalue weighted by Crippen LogP contribution is -1.82. The third-order valence-electron chi connectivity index (χ3n) is 1.36. The van der Waals surface area contributed by atoms with Crippen molar-refractivity contribution in [1.29, 1.82) is 0 Å². The number of rotatable bonds is 3. The molecule has 0 fully saturated rings. The first-order chi connectivity index (χ1) is 4.93. The lowest BCUT2D eigenvalue weighted by atomic mass is 10.1. The molecule has 1 radical (unpaired) electrons. The van der Waals surface area contributed by atoms with Gasteiger partial charge in [0.15, 0.2) is 0 Å². The van der Waals surface area contributed by atoms with Crippen LogP contribution in [0.15, 0.2) is 30.3 Å². The molecule has 0 saturated heterocycles. The minimum absolute atomic E-state index is 0.874. The number of benzene rings is 1. The van der Waals surface area contributed by atoms with Gasteiger partial charge in [-0.15, -0.1) is 0 Å². The lowest BCUT2D eigenvalue weighted by Gasteiger charge is -1.93. The Balaban J connectivity index is 2.50. The molecule has 0 aliphatic carbocycles. The topological polar surface area (TPSA) is 0 Å². The number of hydrogen-bond donors (Lipinski definition) is 0. The standard InChI is InChI=1S/C9H9S/c10-8-4-7-9-5-2-1-3-6-9/h1-3,5-6H,4,7H2. The van der Waals surface area contributed by atoms with Gasteiger partial charge >= 0.3 is 0 Å². The third-order valence-corrected chi connectivity index (χ3v) is 1.56. The summed E-state index contributed by atoms with van der Waals surface area (Å²) in [5.41, 5.74) is 1.33. The highest BCUT2D eigenvalue weighted by Crippen LogP contribution is 2.00. The van der Waals surface area contributed by atoms with Gasteiger partial charge in [-0.2, -0.15) is 0 Å². The van der Waals surface area contributed by atoms with Crippen molar-refractivity contribution in [1.82, 2.24) is 0 Å².